The van der Waals surface area contributed by atoms with Gasteiger partial charge in [-0.2, -0.15) is 0 Å². The molecule has 3 aromatic heterocycles. The molecule has 1 aromatic carbocycles. The molecular weight excluding hydrogens is 328 g/mol. The molecule has 26 heavy (non-hydrogen) atoms. The van der Waals surface area contributed by atoms with Gasteiger partial charge in [0.25, 0.3) is 0 Å². The minimum absolute atomic E-state index is 0.0221. The standard InChI is InChI=1S/C19H14N6O/c1-13(26)14-5-4-6-15(9-14)16-10-17(12-20-11-16)25-23-19(22-24-25)18-7-2-3-8-21-18/h2-12H,1H3. The highest BCUT2D eigenvalue weighted by atomic mass is 16.1. The summed E-state index contributed by atoms with van der Waals surface area (Å²) in [5, 5.41) is 12.5. The maximum Gasteiger partial charge on any atom is 0.223 e. The predicted octanol–water partition coefficient (Wildman–Crippen LogP) is 2.99. The second-order valence-electron chi connectivity index (χ2n) is 5.69. The summed E-state index contributed by atoms with van der Waals surface area (Å²) < 4.78 is 0. The number of hydrogen-bond donors (Lipinski definition) is 0. The lowest BCUT2D eigenvalue weighted by Gasteiger charge is -2.05. The fraction of sp³-hybridized carbons (Fsp3) is 0.0526. The lowest BCUT2D eigenvalue weighted by Crippen LogP contribution is -2.00. The Bertz CT molecular complexity index is 1070. The van der Waals surface area contributed by atoms with Gasteiger partial charge in [-0.3, -0.25) is 14.8 Å². The van der Waals surface area contributed by atoms with Crippen LogP contribution in [-0.4, -0.2) is 36.0 Å². The van der Waals surface area contributed by atoms with Crippen LogP contribution in [0.15, 0.2) is 67.1 Å². The van der Waals surface area contributed by atoms with E-state index in [1.165, 1.54) is 4.80 Å². The molecule has 0 unspecified atom stereocenters. The Hall–Kier alpha value is -3.74. The highest BCUT2D eigenvalue weighted by Gasteiger charge is 2.10. The van der Waals surface area contributed by atoms with E-state index in [0.717, 1.165) is 11.1 Å². The monoisotopic (exact) mass is 342 g/mol. The topological polar surface area (TPSA) is 86.5 Å². The Morgan fingerprint density at radius 2 is 1.92 bits per heavy atom. The predicted molar refractivity (Wildman–Crippen MR) is 95.6 cm³/mol. The Morgan fingerprint density at radius 3 is 2.73 bits per heavy atom. The van der Waals surface area contributed by atoms with Crippen molar-refractivity contribution >= 4 is 5.78 Å². The van der Waals surface area contributed by atoms with Crippen LogP contribution < -0.4 is 0 Å². The number of nitrogens with zero attached hydrogens (tertiary/aromatic N) is 6. The van der Waals surface area contributed by atoms with Crippen LogP contribution in [0.4, 0.5) is 0 Å². The van der Waals surface area contributed by atoms with Crippen LogP contribution in [0.2, 0.25) is 0 Å². The third-order valence-electron chi connectivity index (χ3n) is 3.86. The number of benzene rings is 1. The highest BCUT2D eigenvalue weighted by Crippen LogP contribution is 2.22. The van der Waals surface area contributed by atoms with Gasteiger partial charge in [0, 0.05) is 23.5 Å². The molecule has 0 aliphatic rings. The zero-order valence-corrected chi connectivity index (χ0v) is 13.9. The van der Waals surface area contributed by atoms with Crippen LogP contribution in [0.25, 0.3) is 28.3 Å². The molecule has 0 spiro atoms. The fourth-order valence-electron chi connectivity index (χ4n) is 2.53. The Balaban J connectivity index is 1.70. The molecule has 0 saturated heterocycles. The van der Waals surface area contributed by atoms with E-state index >= 15 is 0 Å². The Kier molecular flexibility index (Phi) is 4.03. The molecule has 3 heterocycles. The molecule has 0 fully saturated rings. The van der Waals surface area contributed by atoms with Gasteiger partial charge in [-0.05, 0) is 42.0 Å². The van der Waals surface area contributed by atoms with Gasteiger partial charge in [0.15, 0.2) is 5.78 Å². The van der Waals surface area contributed by atoms with Crippen molar-refractivity contribution < 1.29 is 4.79 Å². The van der Waals surface area contributed by atoms with Gasteiger partial charge < -0.3 is 0 Å². The number of Topliss-reactive ketones (excluding diaryl/α,β-unsaturated/α-hetero) is 1. The Morgan fingerprint density at radius 1 is 1.00 bits per heavy atom. The third kappa shape index (κ3) is 3.10. The first-order valence-corrected chi connectivity index (χ1v) is 7.99. The van der Waals surface area contributed by atoms with E-state index in [1.807, 2.05) is 42.5 Å². The van der Waals surface area contributed by atoms with Crippen LogP contribution >= 0.6 is 0 Å². The minimum Gasteiger partial charge on any atom is -0.295 e. The quantitative estimate of drug-likeness (QED) is 0.530. The van der Waals surface area contributed by atoms with Crippen LogP contribution in [0.5, 0.6) is 0 Å². The van der Waals surface area contributed by atoms with Crippen molar-refractivity contribution in [2.45, 2.75) is 6.92 Å². The molecule has 0 saturated carbocycles. The van der Waals surface area contributed by atoms with E-state index < -0.39 is 0 Å². The number of hydrogen-bond acceptors (Lipinski definition) is 6. The maximum atomic E-state index is 11.6. The summed E-state index contributed by atoms with van der Waals surface area (Å²) in [5.41, 5.74) is 3.74. The van der Waals surface area contributed by atoms with Crippen molar-refractivity contribution in [2.24, 2.45) is 0 Å². The summed E-state index contributed by atoms with van der Waals surface area (Å²) in [6.07, 6.45) is 5.07. The second kappa shape index (κ2) is 6.64. The van der Waals surface area contributed by atoms with Crippen molar-refractivity contribution in [2.75, 3.05) is 0 Å². The number of rotatable bonds is 4. The number of tetrazole rings is 1. The van der Waals surface area contributed by atoms with Gasteiger partial charge >= 0.3 is 0 Å². The molecule has 0 atom stereocenters. The molecule has 7 heteroatoms. The zero-order valence-electron chi connectivity index (χ0n) is 13.9. The van der Waals surface area contributed by atoms with Crippen LogP contribution in [0, 0.1) is 0 Å². The average molecular weight is 342 g/mol. The molecular formula is C19H14N6O. The van der Waals surface area contributed by atoms with Crippen molar-refractivity contribution in [1.82, 2.24) is 30.2 Å². The highest BCUT2D eigenvalue weighted by molar-refractivity contribution is 5.95. The van der Waals surface area contributed by atoms with Crippen LogP contribution in [-0.2, 0) is 0 Å². The molecule has 0 bridgehead atoms. The SMILES string of the molecule is CC(=O)c1cccc(-c2cncc(-n3nnc(-c4ccccn4)n3)c2)c1. The largest absolute Gasteiger partial charge is 0.295 e. The van der Waals surface area contributed by atoms with Crippen molar-refractivity contribution in [3.05, 3.63) is 72.7 Å². The molecule has 0 N–H and O–H groups in total. The van der Waals surface area contributed by atoms with E-state index in [-0.39, 0.29) is 5.78 Å². The smallest absolute Gasteiger partial charge is 0.223 e. The lowest BCUT2D eigenvalue weighted by atomic mass is 10.0. The van der Waals surface area contributed by atoms with Gasteiger partial charge in [-0.1, -0.05) is 24.3 Å². The molecule has 0 aliphatic carbocycles. The second-order valence-corrected chi connectivity index (χ2v) is 5.69. The Labute approximate surface area is 149 Å². The van der Waals surface area contributed by atoms with Crippen molar-refractivity contribution in [3.8, 4) is 28.3 Å². The normalized spacial score (nSPS) is 10.7. The lowest BCUT2D eigenvalue weighted by molar-refractivity contribution is 0.101. The van der Waals surface area contributed by atoms with Crippen molar-refractivity contribution in [3.63, 3.8) is 0 Å². The number of ketones is 1. The van der Waals surface area contributed by atoms with Gasteiger partial charge in [0.2, 0.25) is 5.82 Å². The van der Waals surface area contributed by atoms with Gasteiger partial charge in [-0.15, -0.1) is 15.0 Å². The number of pyridine rings is 2. The van der Waals surface area contributed by atoms with E-state index in [2.05, 4.69) is 25.4 Å². The van der Waals surface area contributed by atoms with Gasteiger partial charge in [-0.25, -0.2) is 0 Å². The average Bonchev–Trinajstić information content (AvgIpc) is 3.19. The first kappa shape index (κ1) is 15.8. The summed E-state index contributed by atoms with van der Waals surface area (Å²) in [6.45, 7) is 1.55. The molecule has 7 nitrogen and oxygen atoms in total. The van der Waals surface area contributed by atoms with Crippen LogP contribution in [0.1, 0.15) is 17.3 Å². The summed E-state index contributed by atoms with van der Waals surface area (Å²) in [4.78, 5) is 21.5. The number of carbonyl (C=O) groups is 1. The van der Waals surface area contributed by atoms with E-state index in [9.17, 15) is 4.79 Å². The summed E-state index contributed by atoms with van der Waals surface area (Å²) in [7, 11) is 0. The first-order chi connectivity index (χ1) is 12.7. The van der Waals surface area contributed by atoms with E-state index in [4.69, 9.17) is 0 Å². The molecule has 126 valence electrons. The molecule has 0 aliphatic heterocycles. The molecule has 4 aromatic rings. The van der Waals surface area contributed by atoms with Gasteiger partial charge in [0.1, 0.15) is 11.4 Å². The zero-order chi connectivity index (χ0) is 17.9. The first-order valence-electron chi connectivity index (χ1n) is 7.99. The van der Waals surface area contributed by atoms with Crippen molar-refractivity contribution in [1.29, 1.82) is 0 Å². The van der Waals surface area contributed by atoms with E-state index in [0.29, 0.717) is 22.8 Å². The minimum atomic E-state index is 0.0221. The molecule has 4 rings (SSSR count). The molecule has 0 amide bonds. The summed E-state index contributed by atoms with van der Waals surface area (Å²) in [6, 6.07) is 14.8. The fourth-order valence-corrected chi connectivity index (χ4v) is 2.53. The maximum absolute atomic E-state index is 11.6. The summed E-state index contributed by atoms with van der Waals surface area (Å²) in [5.74, 6) is 0.462. The number of aromatic nitrogens is 6. The number of carbonyl (C=O) groups excluding carboxylic acids is 1. The summed E-state index contributed by atoms with van der Waals surface area (Å²) >= 11 is 0. The third-order valence-corrected chi connectivity index (χ3v) is 3.86. The van der Waals surface area contributed by atoms with E-state index in [1.54, 1.807) is 31.6 Å². The van der Waals surface area contributed by atoms with Gasteiger partial charge in [0.05, 0.1) is 6.20 Å². The molecule has 0 radical (unpaired) electrons. The van der Waals surface area contributed by atoms with Crippen LogP contribution in [0.3, 0.4) is 0 Å².